The summed E-state index contributed by atoms with van der Waals surface area (Å²) in [5, 5.41) is 3.35. The van der Waals surface area contributed by atoms with Gasteiger partial charge in [0.15, 0.2) is 6.61 Å². The van der Waals surface area contributed by atoms with Crippen molar-refractivity contribution in [1.82, 2.24) is 5.32 Å². The fourth-order valence-electron chi connectivity index (χ4n) is 1.12. The summed E-state index contributed by atoms with van der Waals surface area (Å²) >= 11 is 5.72. The molecule has 0 aliphatic heterocycles. The number of amides is 1. The third-order valence-corrected chi connectivity index (χ3v) is 2.18. The van der Waals surface area contributed by atoms with E-state index < -0.39 is 0 Å². The maximum atomic E-state index is 11.3. The number of halogens is 1. The van der Waals surface area contributed by atoms with Gasteiger partial charge in [0.05, 0.1) is 0 Å². The molecule has 1 N–H and O–H groups in total. The third-order valence-electron chi connectivity index (χ3n) is 1.93. The summed E-state index contributed by atoms with van der Waals surface area (Å²) in [5.41, 5.74) is 0. The highest BCUT2D eigenvalue weighted by atomic mass is 35.5. The highest BCUT2D eigenvalue weighted by molar-refractivity contribution is 6.30. The van der Waals surface area contributed by atoms with Crippen molar-refractivity contribution in [3.63, 3.8) is 0 Å². The zero-order chi connectivity index (χ0) is 12.5. The van der Waals surface area contributed by atoms with Crippen molar-refractivity contribution in [1.29, 1.82) is 0 Å². The fraction of sp³-hybridized carbons (Fsp3) is 0.308. The third kappa shape index (κ3) is 5.84. The Morgan fingerprint density at radius 1 is 1.41 bits per heavy atom. The van der Waals surface area contributed by atoms with Crippen LogP contribution in [0.3, 0.4) is 0 Å². The lowest BCUT2D eigenvalue weighted by atomic mass is 10.3. The number of carbonyl (C=O) groups excluding carboxylic acids is 1. The number of nitrogens with one attached hydrogen (secondary N) is 1. The predicted octanol–water partition coefficient (Wildman–Crippen LogP) is 2.25. The van der Waals surface area contributed by atoms with Crippen LogP contribution in [0.25, 0.3) is 0 Å². The average molecular weight is 252 g/mol. The Hall–Kier alpha value is -1.66. The highest BCUT2D eigenvalue weighted by Crippen LogP contribution is 2.15. The number of ether oxygens (including phenoxy) is 1. The Balaban J connectivity index is 2.23. The number of carbonyl (C=O) groups is 1. The van der Waals surface area contributed by atoms with E-state index in [0.717, 1.165) is 0 Å². The molecule has 1 aromatic rings. The predicted molar refractivity (Wildman–Crippen MR) is 68.0 cm³/mol. The number of benzene rings is 1. The van der Waals surface area contributed by atoms with Crippen molar-refractivity contribution < 1.29 is 9.53 Å². The van der Waals surface area contributed by atoms with E-state index in [1.807, 2.05) is 0 Å². The van der Waals surface area contributed by atoms with Gasteiger partial charge < -0.3 is 10.1 Å². The van der Waals surface area contributed by atoms with Gasteiger partial charge >= 0.3 is 0 Å². The SMILES string of the molecule is CC#CCCNC(=O)COc1ccc(Cl)cc1. The normalized spacial score (nSPS) is 9.06. The van der Waals surface area contributed by atoms with Crippen LogP contribution in [-0.2, 0) is 4.79 Å². The van der Waals surface area contributed by atoms with Crippen molar-refractivity contribution in [2.45, 2.75) is 13.3 Å². The summed E-state index contributed by atoms with van der Waals surface area (Å²) in [4.78, 5) is 11.3. The summed E-state index contributed by atoms with van der Waals surface area (Å²) in [7, 11) is 0. The smallest absolute Gasteiger partial charge is 0.257 e. The van der Waals surface area contributed by atoms with Crippen molar-refractivity contribution in [3.8, 4) is 17.6 Å². The molecule has 4 heteroatoms. The fourth-order valence-corrected chi connectivity index (χ4v) is 1.25. The molecule has 0 saturated heterocycles. The van der Waals surface area contributed by atoms with Crippen molar-refractivity contribution in [3.05, 3.63) is 29.3 Å². The van der Waals surface area contributed by atoms with E-state index in [2.05, 4.69) is 17.2 Å². The van der Waals surface area contributed by atoms with Gasteiger partial charge in [-0.3, -0.25) is 4.79 Å². The molecule has 0 aliphatic carbocycles. The van der Waals surface area contributed by atoms with Crippen molar-refractivity contribution in [2.75, 3.05) is 13.2 Å². The molecule has 3 nitrogen and oxygen atoms in total. The van der Waals surface area contributed by atoms with E-state index in [1.165, 1.54) is 0 Å². The second kappa shape index (κ2) is 7.59. The van der Waals surface area contributed by atoms with Crippen LogP contribution >= 0.6 is 11.6 Å². The molecule has 0 fully saturated rings. The van der Waals surface area contributed by atoms with Crippen LogP contribution < -0.4 is 10.1 Å². The molecule has 1 amide bonds. The van der Waals surface area contributed by atoms with Gasteiger partial charge in [-0.25, -0.2) is 0 Å². The zero-order valence-electron chi connectivity index (χ0n) is 9.63. The quantitative estimate of drug-likeness (QED) is 0.644. The zero-order valence-corrected chi connectivity index (χ0v) is 10.4. The first-order valence-electron chi connectivity index (χ1n) is 5.27. The summed E-state index contributed by atoms with van der Waals surface area (Å²) in [6.07, 6.45) is 0.656. The van der Waals surface area contributed by atoms with Gasteiger partial charge in [-0.15, -0.1) is 11.8 Å². The van der Waals surface area contributed by atoms with Gasteiger partial charge in [-0.05, 0) is 31.2 Å². The molecule has 0 saturated carbocycles. The Kier molecular flexibility index (Phi) is 5.98. The van der Waals surface area contributed by atoms with E-state index in [1.54, 1.807) is 31.2 Å². The summed E-state index contributed by atoms with van der Waals surface area (Å²) in [5.74, 6) is 6.09. The maximum Gasteiger partial charge on any atom is 0.257 e. The van der Waals surface area contributed by atoms with E-state index in [4.69, 9.17) is 16.3 Å². The molecule has 0 aliphatic rings. The van der Waals surface area contributed by atoms with Crippen LogP contribution in [0.15, 0.2) is 24.3 Å². The first-order chi connectivity index (χ1) is 8.22. The number of rotatable bonds is 5. The molecule has 1 rings (SSSR count). The Labute approximate surface area is 106 Å². The van der Waals surface area contributed by atoms with Crippen LogP contribution in [0.2, 0.25) is 5.02 Å². The molecule has 0 heterocycles. The number of hydrogen-bond donors (Lipinski definition) is 1. The van der Waals surface area contributed by atoms with Gasteiger partial charge in [-0.2, -0.15) is 0 Å². The molecule has 0 atom stereocenters. The average Bonchev–Trinajstić information content (AvgIpc) is 2.34. The van der Waals surface area contributed by atoms with Crippen LogP contribution in [0.5, 0.6) is 5.75 Å². The lowest BCUT2D eigenvalue weighted by Crippen LogP contribution is -2.29. The molecule has 0 radical (unpaired) electrons. The molecule has 0 aromatic heterocycles. The van der Waals surface area contributed by atoms with Gasteiger partial charge in [0.2, 0.25) is 0 Å². The molecule has 0 unspecified atom stereocenters. The van der Waals surface area contributed by atoms with Gasteiger partial charge in [0.25, 0.3) is 5.91 Å². The summed E-state index contributed by atoms with van der Waals surface area (Å²) < 4.78 is 5.27. The molecule has 1 aromatic carbocycles. The van der Waals surface area contributed by atoms with E-state index in [-0.39, 0.29) is 12.5 Å². The van der Waals surface area contributed by atoms with Gasteiger partial charge in [0.1, 0.15) is 5.75 Å². The standard InChI is InChI=1S/C13H14ClNO2/c1-2-3-4-9-15-13(16)10-17-12-7-5-11(14)6-8-12/h5-8H,4,9-10H2,1H3,(H,15,16). The van der Waals surface area contributed by atoms with E-state index >= 15 is 0 Å². The molecule has 90 valence electrons. The van der Waals surface area contributed by atoms with Crippen molar-refractivity contribution >= 4 is 17.5 Å². The lowest BCUT2D eigenvalue weighted by molar-refractivity contribution is -0.123. The Morgan fingerprint density at radius 2 is 2.12 bits per heavy atom. The van der Waals surface area contributed by atoms with Gasteiger partial charge in [-0.1, -0.05) is 11.6 Å². The van der Waals surface area contributed by atoms with Crippen LogP contribution in [0, 0.1) is 11.8 Å². The lowest BCUT2D eigenvalue weighted by Gasteiger charge is -2.06. The monoisotopic (exact) mass is 251 g/mol. The first kappa shape index (κ1) is 13.4. The molecule has 0 spiro atoms. The Bertz CT molecular complexity index is 417. The van der Waals surface area contributed by atoms with E-state index in [0.29, 0.717) is 23.7 Å². The summed E-state index contributed by atoms with van der Waals surface area (Å²) in [6, 6.07) is 6.87. The van der Waals surface area contributed by atoms with Crippen LogP contribution in [-0.4, -0.2) is 19.1 Å². The minimum absolute atomic E-state index is 0.00118. The topological polar surface area (TPSA) is 38.3 Å². The van der Waals surface area contributed by atoms with Gasteiger partial charge in [0, 0.05) is 18.0 Å². The molecule has 0 bridgehead atoms. The maximum absolute atomic E-state index is 11.3. The number of hydrogen-bond acceptors (Lipinski definition) is 2. The molecular weight excluding hydrogens is 238 g/mol. The van der Waals surface area contributed by atoms with E-state index in [9.17, 15) is 4.79 Å². The Morgan fingerprint density at radius 3 is 2.76 bits per heavy atom. The molecule has 17 heavy (non-hydrogen) atoms. The first-order valence-corrected chi connectivity index (χ1v) is 5.65. The second-order valence-corrected chi connectivity index (χ2v) is 3.71. The largest absolute Gasteiger partial charge is 0.484 e. The minimum Gasteiger partial charge on any atom is -0.484 e. The van der Waals surface area contributed by atoms with Crippen LogP contribution in [0.4, 0.5) is 0 Å². The van der Waals surface area contributed by atoms with Crippen LogP contribution in [0.1, 0.15) is 13.3 Å². The summed E-state index contributed by atoms with van der Waals surface area (Å²) in [6.45, 7) is 2.32. The second-order valence-electron chi connectivity index (χ2n) is 3.27. The molecular formula is C13H14ClNO2. The highest BCUT2D eigenvalue weighted by Gasteiger charge is 2.01. The van der Waals surface area contributed by atoms with Crippen molar-refractivity contribution in [2.24, 2.45) is 0 Å². The minimum atomic E-state index is -0.155.